The highest BCUT2D eigenvalue weighted by molar-refractivity contribution is 6.38. The van der Waals surface area contributed by atoms with Gasteiger partial charge in [-0.15, -0.1) is 0 Å². The molecule has 3 aromatic carbocycles. The summed E-state index contributed by atoms with van der Waals surface area (Å²) >= 11 is 12.1. The van der Waals surface area contributed by atoms with Crippen LogP contribution in [0.15, 0.2) is 83.5 Å². The summed E-state index contributed by atoms with van der Waals surface area (Å²) in [5.74, 6) is -0.447. The fourth-order valence-electron chi connectivity index (χ4n) is 2.95. The zero-order valence-corrected chi connectivity index (χ0v) is 16.0. The predicted octanol–water partition coefficient (Wildman–Crippen LogP) is 5.53. The van der Waals surface area contributed by atoms with Gasteiger partial charge in [0.15, 0.2) is 0 Å². The number of halogens is 2. The lowest BCUT2D eigenvalue weighted by Gasteiger charge is -2.11. The second kappa shape index (κ2) is 7.50. The van der Waals surface area contributed by atoms with Crippen molar-refractivity contribution >= 4 is 46.6 Å². The van der Waals surface area contributed by atoms with Crippen molar-refractivity contribution in [2.24, 2.45) is 5.10 Å². The Morgan fingerprint density at radius 1 is 0.929 bits per heavy atom. The lowest BCUT2D eigenvalue weighted by atomic mass is 10.00. The van der Waals surface area contributed by atoms with E-state index in [1.807, 2.05) is 48.5 Å². The van der Waals surface area contributed by atoms with E-state index < -0.39 is 0 Å². The van der Waals surface area contributed by atoms with E-state index in [1.165, 1.54) is 11.1 Å². The first kappa shape index (κ1) is 18.3. The monoisotopic (exact) mass is 408 g/mol. The second-order valence-electron chi connectivity index (χ2n) is 6.15. The van der Waals surface area contributed by atoms with E-state index in [9.17, 15) is 9.90 Å². The number of hydrogen-bond donors (Lipinski definition) is 1. The van der Waals surface area contributed by atoms with Gasteiger partial charge >= 0.3 is 0 Å². The van der Waals surface area contributed by atoms with Gasteiger partial charge in [0.1, 0.15) is 11.5 Å². The predicted molar refractivity (Wildman–Crippen MR) is 113 cm³/mol. The highest BCUT2D eigenvalue weighted by Crippen LogP contribution is 2.34. The molecular formula is C22H14Cl2N2O2. The van der Waals surface area contributed by atoms with Crippen LogP contribution in [0.4, 0.5) is 5.69 Å². The zero-order chi connectivity index (χ0) is 19.7. The van der Waals surface area contributed by atoms with Crippen molar-refractivity contribution in [1.82, 2.24) is 0 Å². The lowest BCUT2D eigenvalue weighted by Crippen LogP contribution is -2.21. The van der Waals surface area contributed by atoms with Gasteiger partial charge in [-0.25, -0.2) is 0 Å². The molecule has 0 aliphatic carbocycles. The van der Waals surface area contributed by atoms with Gasteiger partial charge in [0, 0.05) is 16.1 Å². The molecule has 3 aromatic rings. The van der Waals surface area contributed by atoms with Crippen LogP contribution >= 0.6 is 23.2 Å². The molecule has 1 aliphatic rings. The number of anilines is 1. The van der Waals surface area contributed by atoms with Crippen LogP contribution in [0.1, 0.15) is 11.1 Å². The Morgan fingerprint density at radius 2 is 1.57 bits per heavy atom. The van der Waals surface area contributed by atoms with E-state index in [0.717, 1.165) is 5.56 Å². The van der Waals surface area contributed by atoms with Gasteiger partial charge < -0.3 is 5.11 Å². The Morgan fingerprint density at radius 3 is 2.25 bits per heavy atom. The maximum atomic E-state index is 13.2. The number of para-hydroxylation sites is 1. The summed E-state index contributed by atoms with van der Waals surface area (Å²) in [5.41, 5.74) is 2.62. The maximum Gasteiger partial charge on any atom is 0.281 e. The minimum Gasteiger partial charge on any atom is -0.506 e. The highest BCUT2D eigenvalue weighted by Gasteiger charge is 2.32. The third-order valence-corrected chi connectivity index (χ3v) is 4.79. The van der Waals surface area contributed by atoms with Crippen LogP contribution in [-0.4, -0.2) is 16.7 Å². The van der Waals surface area contributed by atoms with Crippen molar-refractivity contribution in [1.29, 1.82) is 0 Å². The largest absolute Gasteiger partial charge is 0.506 e. The minimum absolute atomic E-state index is 0.114. The molecule has 4 rings (SSSR count). The molecule has 1 aliphatic heterocycles. The summed E-state index contributed by atoms with van der Waals surface area (Å²) in [6.45, 7) is 0. The molecule has 0 saturated carbocycles. The molecule has 0 saturated heterocycles. The van der Waals surface area contributed by atoms with Gasteiger partial charge in [0.05, 0.1) is 16.3 Å². The summed E-state index contributed by atoms with van der Waals surface area (Å²) in [6.07, 6.45) is 1.56. The summed E-state index contributed by atoms with van der Waals surface area (Å²) in [4.78, 5) is 13.2. The molecule has 1 N–H and O–H groups in total. The average Bonchev–Trinajstić information content (AvgIpc) is 3.03. The number of nitrogens with zero attached hydrogens (tertiary/aromatic N) is 2. The number of carbonyl (C=O) groups excluding carboxylic acids is 1. The van der Waals surface area contributed by atoms with E-state index in [0.29, 0.717) is 27.6 Å². The minimum atomic E-state index is -0.305. The second-order valence-corrected chi connectivity index (χ2v) is 6.99. The van der Waals surface area contributed by atoms with E-state index in [4.69, 9.17) is 23.2 Å². The quantitative estimate of drug-likeness (QED) is 0.578. The third kappa shape index (κ3) is 3.40. The summed E-state index contributed by atoms with van der Waals surface area (Å²) in [5, 5.41) is 16.7. The van der Waals surface area contributed by atoms with Crippen LogP contribution in [-0.2, 0) is 4.79 Å². The first-order chi connectivity index (χ1) is 13.5. The van der Waals surface area contributed by atoms with Crippen molar-refractivity contribution in [3.8, 4) is 5.75 Å². The van der Waals surface area contributed by atoms with Gasteiger partial charge in [0.2, 0.25) is 0 Å². The molecule has 4 nitrogen and oxygen atoms in total. The van der Waals surface area contributed by atoms with Crippen LogP contribution < -0.4 is 5.01 Å². The Bertz CT molecular complexity index is 1110. The van der Waals surface area contributed by atoms with Crippen molar-refractivity contribution in [2.75, 3.05) is 5.01 Å². The molecule has 1 heterocycles. The molecule has 6 heteroatoms. The first-order valence-corrected chi connectivity index (χ1v) is 9.24. The Kier molecular flexibility index (Phi) is 4.90. The van der Waals surface area contributed by atoms with Gasteiger partial charge in [-0.3, -0.25) is 4.79 Å². The molecule has 138 valence electrons. The van der Waals surface area contributed by atoms with E-state index in [-0.39, 0.29) is 16.7 Å². The number of hydrogen-bond acceptors (Lipinski definition) is 3. The number of phenolic OH excluding ortho intramolecular Hbond substituents is 1. The molecule has 0 fully saturated rings. The summed E-state index contributed by atoms with van der Waals surface area (Å²) in [7, 11) is 0. The molecule has 0 radical (unpaired) electrons. The number of amides is 1. The molecule has 28 heavy (non-hydrogen) atoms. The molecule has 0 bridgehead atoms. The van der Waals surface area contributed by atoms with Crippen molar-refractivity contribution in [3.05, 3.63) is 99.5 Å². The van der Waals surface area contributed by atoms with Gasteiger partial charge in [-0.2, -0.15) is 10.1 Å². The first-order valence-electron chi connectivity index (χ1n) is 8.48. The van der Waals surface area contributed by atoms with Gasteiger partial charge in [0.25, 0.3) is 5.91 Å². The maximum absolute atomic E-state index is 13.2. The standard InChI is InChI=1S/C22H14Cl2N2O2/c23-16-11-15(21(27)19(24)13-16)12-18-20(14-7-3-1-4-8-14)25-26(22(18)28)17-9-5-2-6-10-17/h1-13,27H/b18-12-. The zero-order valence-electron chi connectivity index (χ0n) is 14.5. The number of aromatic hydroxyl groups is 1. The van der Waals surface area contributed by atoms with Crippen molar-refractivity contribution in [3.63, 3.8) is 0 Å². The van der Waals surface area contributed by atoms with Crippen LogP contribution in [0.25, 0.3) is 6.08 Å². The van der Waals surface area contributed by atoms with E-state index >= 15 is 0 Å². The number of phenols is 1. The van der Waals surface area contributed by atoms with Gasteiger partial charge in [-0.05, 0) is 30.3 Å². The molecular weight excluding hydrogens is 395 g/mol. The van der Waals surface area contributed by atoms with Crippen molar-refractivity contribution in [2.45, 2.75) is 0 Å². The fraction of sp³-hybridized carbons (Fsp3) is 0. The van der Waals surface area contributed by atoms with Crippen LogP contribution in [0.3, 0.4) is 0 Å². The van der Waals surface area contributed by atoms with Gasteiger partial charge in [-0.1, -0.05) is 71.7 Å². The van der Waals surface area contributed by atoms with E-state index in [2.05, 4.69) is 5.10 Å². The van der Waals surface area contributed by atoms with Crippen molar-refractivity contribution < 1.29 is 9.90 Å². The molecule has 0 atom stereocenters. The Hall–Kier alpha value is -3.08. The topological polar surface area (TPSA) is 52.9 Å². The smallest absolute Gasteiger partial charge is 0.281 e. The molecule has 1 amide bonds. The number of rotatable bonds is 3. The van der Waals surface area contributed by atoms with E-state index in [1.54, 1.807) is 24.3 Å². The Balaban J connectivity index is 1.88. The Labute approximate surface area is 171 Å². The summed E-state index contributed by atoms with van der Waals surface area (Å²) < 4.78 is 0. The number of carbonyl (C=O) groups is 1. The lowest BCUT2D eigenvalue weighted by molar-refractivity contribution is -0.114. The number of benzene rings is 3. The SMILES string of the molecule is O=C1/C(=C\c2cc(Cl)cc(Cl)c2O)C(c2ccccc2)=NN1c1ccccc1. The van der Waals surface area contributed by atoms with Crippen LogP contribution in [0.2, 0.25) is 10.0 Å². The molecule has 0 unspecified atom stereocenters. The molecule has 0 spiro atoms. The van der Waals surface area contributed by atoms with Crippen LogP contribution in [0.5, 0.6) is 5.75 Å². The third-order valence-electron chi connectivity index (χ3n) is 4.28. The van der Waals surface area contributed by atoms with Crippen LogP contribution in [0, 0.1) is 0 Å². The summed E-state index contributed by atoms with van der Waals surface area (Å²) in [6, 6.07) is 21.5. The fourth-order valence-corrected chi connectivity index (χ4v) is 3.46. The molecule has 0 aromatic heterocycles. The highest BCUT2D eigenvalue weighted by atomic mass is 35.5. The number of hydrazone groups is 1. The normalized spacial score (nSPS) is 15.2. The average molecular weight is 409 g/mol.